The summed E-state index contributed by atoms with van der Waals surface area (Å²) in [6, 6.07) is 5.94. The van der Waals surface area contributed by atoms with Crippen LogP contribution in [0, 0.1) is 0 Å². The first-order valence-electron chi connectivity index (χ1n) is 6.68. The molecule has 0 bridgehead atoms. The van der Waals surface area contributed by atoms with Gasteiger partial charge in [-0.2, -0.15) is 0 Å². The van der Waals surface area contributed by atoms with E-state index in [0.29, 0.717) is 0 Å². The molecule has 0 heterocycles. The van der Waals surface area contributed by atoms with E-state index in [1.54, 1.807) is 26.0 Å². The number of hydrogen-bond donors (Lipinski definition) is 2. The zero-order valence-corrected chi connectivity index (χ0v) is 13.7. The first-order chi connectivity index (χ1) is 10.1. The Balaban J connectivity index is 2.88. The van der Waals surface area contributed by atoms with Gasteiger partial charge in [-0.15, -0.1) is 0 Å². The molecular weight excluding hydrogens is 308 g/mol. The molecule has 0 spiro atoms. The summed E-state index contributed by atoms with van der Waals surface area (Å²) in [5.41, 5.74) is 0.142. The Hall–Kier alpha value is -2.09. The topological polar surface area (TPSA) is 102 Å². The van der Waals surface area contributed by atoms with Crippen molar-refractivity contribution in [2.24, 2.45) is 0 Å². The van der Waals surface area contributed by atoms with E-state index in [4.69, 9.17) is 4.74 Å². The van der Waals surface area contributed by atoms with Crippen LogP contribution in [0.15, 0.2) is 24.3 Å². The van der Waals surface area contributed by atoms with Crippen molar-refractivity contribution in [2.45, 2.75) is 32.9 Å². The fraction of sp³-hybridized carbons (Fsp3) is 0.429. The molecule has 0 fully saturated rings. The van der Waals surface area contributed by atoms with Crippen molar-refractivity contribution in [1.82, 2.24) is 5.32 Å². The van der Waals surface area contributed by atoms with Crippen LogP contribution in [0.1, 0.15) is 31.1 Å². The highest BCUT2D eigenvalue weighted by atomic mass is 32.2. The van der Waals surface area contributed by atoms with Crippen LogP contribution in [0.5, 0.6) is 0 Å². The number of carbonyl (C=O) groups is 2. The Morgan fingerprint density at radius 2 is 1.73 bits per heavy atom. The largest absolute Gasteiger partial charge is 0.449 e. The van der Waals surface area contributed by atoms with Gasteiger partial charge in [-0.1, -0.05) is 12.1 Å². The van der Waals surface area contributed by atoms with Crippen molar-refractivity contribution in [1.29, 1.82) is 0 Å². The number of benzene rings is 1. The maximum absolute atomic E-state index is 12.1. The lowest BCUT2D eigenvalue weighted by Crippen LogP contribution is -2.39. The van der Waals surface area contributed by atoms with Gasteiger partial charge < -0.3 is 10.1 Å². The number of para-hydroxylation sites is 1. The third-order valence-corrected chi connectivity index (χ3v) is 3.12. The predicted molar refractivity (Wildman–Crippen MR) is 83.1 cm³/mol. The van der Waals surface area contributed by atoms with Gasteiger partial charge in [-0.05, 0) is 32.9 Å². The minimum absolute atomic E-state index is 0.0390. The highest BCUT2D eigenvalue weighted by molar-refractivity contribution is 7.92. The SMILES string of the molecule is CC(C)NC(=O)[C@H](C)OC(=O)c1ccccc1NS(C)(=O)=O. The van der Waals surface area contributed by atoms with Gasteiger partial charge in [0.2, 0.25) is 10.0 Å². The van der Waals surface area contributed by atoms with E-state index in [2.05, 4.69) is 10.0 Å². The highest BCUT2D eigenvalue weighted by Gasteiger charge is 2.21. The maximum Gasteiger partial charge on any atom is 0.341 e. The van der Waals surface area contributed by atoms with Gasteiger partial charge >= 0.3 is 5.97 Å². The summed E-state index contributed by atoms with van der Waals surface area (Å²) in [6.07, 6.45) is -0.00503. The summed E-state index contributed by atoms with van der Waals surface area (Å²) in [5, 5.41) is 2.62. The molecule has 0 aromatic heterocycles. The van der Waals surface area contributed by atoms with E-state index in [-0.39, 0.29) is 17.3 Å². The number of hydrogen-bond acceptors (Lipinski definition) is 5. The molecule has 1 aromatic carbocycles. The molecule has 0 saturated heterocycles. The van der Waals surface area contributed by atoms with E-state index < -0.39 is 28.0 Å². The number of carbonyl (C=O) groups excluding carboxylic acids is 2. The summed E-state index contributed by atoms with van der Waals surface area (Å²) in [6.45, 7) is 5.03. The minimum atomic E-state index is -3.53. The van der Waals surface area contributed by atoms with E-state index in [0.717, 1.165) is 6.26 Å². The summed E-state index contributed by atoms with van der Waals surface area (Å²) in [4.78, 5) is 23.8. The van der Waals surface area contributed by atoms with Crippen molar-refractivity contribution in [3.05, 3.63) is 29.8 Å². The second-order valence-electron chi connectivity index (χ2n) is 5.13. The van der Waals surface area contributed by atoms with E-state index in [1.807, 2.05) is 0 Å². The Kier molecular flexibility index (Phi) is 5.92. The van der Waals surface area contributed by atoms with Gasteiger partial charge in [0.05, 0.1) is 17.5 Å². The molecule has 1 amide bonds. The fourth-order valence-electron chi connectivity index (χ4n) is 1.63. The Bertz CT molecular complexity index is 655. The van der Waals surface area contributed by atoms with Crippen molar-refractivity contribution in [3.8, 4) is 0 Å². The van der Waals surface area contributed by atoms with Crippen LogP contribution in [-0.4, -0.2) is 38.7 Å². The highest BCUT2D eigenvalue weighted by Crippen LogP contribution is 2.18. The zero-order chi connectivity index (χ0) is 16.9. The second kappa shape index (κ2) is 7.26. The van der Waals surface area contributed by atoms with Gasteiger partial charge in [0.25, 0.3) is 5.91 Å². The molecule has 1 atom stereocenters. The number of esters is 1. The van der Waals surface area contributed by atoms with Crippen molar-refractivity contribution in [2.75, 3.05) is 11.0 Å². The number of rotatable bonds is 6. The molecule has 0 aliphatic heterocycles. The summed E-state index contributed by atoms with van der Waals surface area (Å²) >= 11 is 0. The molecule has 2 N–H and O–H groups in total. The second-order valence-corrected chi connectivity index (χ2v) is 6.88. The van der Waals surface area contributed by atoms with Gasteiger partial charge in [-0.25, -0.2) is 13.2 Å². The Labute approximate surface area is 130 Å². The average molecular weight is 328 g/mol. The minimum Gasteiger partial charge on any atom is -0.449 e. The molecule has 0 saturated carbocycles. The van der Waals surface area contributed by atoms with E-state index >= 15 is 0 Å². The summed E-state index contributed by atoms with van der Waals surface area (Å²) < 4.78 is 29.9. The lowest BCUT2D eigenvalue weighted by molar-refractivity contribution is -0.129. The molecule has 0 aliphatic carbocycles. The zero-order valence-electron chi connectivity index (χ0n) is 12.9. The van der Waals surface area contributed by atoms with E-state index in [1.165, 1.54) is 19.1 Å². The third kappa shape index (κ3) is 5.72. The first-order valence-corrected chi connectivity index (χ1v) is 8.57. The van der Waals surface area contributed by atoms with E-state index in [9.17, 15) is 18.0 Å². The van der Waals surface area contributed by atoms with Gasteiger partial charge in [0.15, 0.2) is 6.10 Å². The van der Waals surface area contributed by atoms with Crippen molar-refractivity contribution < 1.29 is 22.7 Å². The standard InChI is InChI=1S/C14H20N2O5S/c1-9(2)15-13(17)10(3)21-14(18)11-7-5-6-8-12(11)16-22(4,19)20/h5-10,16H,1-4H3,(H,15,17)/t10-/m0/s1. The lowest BCUT2D eigenvalue weighted by atomic mass is 10.2. The number of ether oxygens (including phenoxy) is 1. The Morgan fingerprint density at radius 1 is 1.14 bits per heavy atom. The molecule has 1 rings (SSSR count). The number of amides is 1. The van der Waals surface area contributed by atoms with Crippen LogP contribution in [0.3, 0.4) is 0 Å². The summed E-state index contributed by atoms with van der Waals surface area (Å²) in [7, 11) is -3.53. The fourth-order valence-corrected chi connectivity index (χ4v) is 2.21. The maximum atomic E-state index is 12.1. The van der Waals surface area contributed by atoms with Gasteiger partial charge in [0, 0.05) is 6.04 Å². The van der Waals surface area contributed by atoms with Crippen LogP contribution in [-0.2, 0) is 19.6 Å². The molecular formula is C14H20N2O5S. The van der Waals surface area contributed by atoms with Crippen molar-refractivity contribution >= 4 is 27.6 Å². The number of nitrogens with one attached hydrogen (secondary N) is 2. The monoisotopic (exact) mass is 328 g/mol. The third-order valence-electron chi connectivity index (χ3n) is 2.53. The molecule has 22 heavy (non-hydrogen) atoms. The molecule has 0 unspecified atom stereocenters. The average Bonchev–Trinajstić information content (AvgIpc) is 2.36. The number of anilines is 1. The van der Waals surface area contributed by atoms with Gasteiger partial charge in [0.1, 0.15) is 0 Å². The quantitative estimate of drug-likeness (QED) is 0.762. The van der Waals surface area contributed by atoms with Crippen LogP contribution < -0.4 is 10.0 Å². The molecule has 1 aromatic rings. The normalized spacial score (nSPS) is 12.6. The van der Waals surface area contributed by atoms with Crippen LogP contribution in [0.4, 0.5) is 5.69 Å². The van der Waals surface area contributed by atoms with Crippen LogP contribution in [0.25, 0.3) is 0 Å². The lowest BCUT2D eigenvalue weighted by Gasteiger charge is -2.16. The van der Waals surface area contributed by atoms with Crippen LogP contribution >= 0.6 is 0 Å². The van der Waals surface area contributed by atoms with Crippen molar-refractivity contribution in [3.63, 3.8) is 0 Å². The molecule has 7 nitrogen and oxygen atoms in total. The molecule has 0 aliphatic rings. The van der Waals surface area contributed by atoms with Crippen LogP contribution in [0.2, 0.25) is 0 Å². The predicted octanol–water partition coefficient (Wildman–Crippen LogP) is 1.13. The smallest absolute Gasteiger partial charge is 0.341 e. The van der Waals surface area contributed by atoms with Gasteiger partial charge in [-0.3, -0.25) is 9.52 Å². The molecule has 0 radical (unpaired) electrons. The number of sulfonamides is 1. The Morgan fingerprint density at radius 3 is 2.27 bits per heavy atom. The molecule has 8 heteroatoms. The molecule has 122 valence electrons. The first kappa shape index (κ1) is 18.0. The summed E-state index contributed by atoms with van der Waals surface area (Å²) in [5.74, 6) is -1.20.